The van der Waals surface area contributed by atoms with E-state index in [-0.39, 0.29) is 10.8 Å². The first-order valence-electron chi connectivity index (χ1n) is 11.1. The van der Waals surface area contributed by atoms with E-state index in [9.17, 15) is 13.2 Å². The van der Waals surface area contributed by atoms with Gasteiger partial charge in [-0.1, -0.05) is 60.2 Å². The fraction of sp³-hybridized carbons (Fsp3) is 0.107. The van der Waals surface area contributed by atoms with E-state index in [1.165, 1.54) is 17.7 Å². The topological polar surface area (TPSA) is 75.3 Å². The highest BCUT2D eigenvalue weighted by molar-refractivity contribution is 7.98. The second kappa shape index (κ2) is 10.8. The van der Waals surface area contributed by atoms with E-state index >= 15 is 0 Å². The smallest absolute Gasteiger partial charge is 0.261 e. The number of anilines is 2. The Labute approximate surface area is 210 Å². The van der Waals surface area contributed by atoms with Crippen molar-refractivity contribution in [3.63, 3.8) is 0 Å². The summed E-state index contributed by atoms with van der Waals surface area (Å²) in [6.45, 7) is 3.82. The molecule has 1 amide bonds. The first kappa shape index (κ1) is 24.6. The molecule has 2 N–H and O–H groups in total. The van der Waals surface area contributed by atoms with Crippen molar-refractivity contribution in [1.29, 1.82) is 0 Å². The first-order valence-corrected chi connectivity index (χ1v) is 13.6. The predicted molar refractivity (Wildman–Crippen MR) is 144 cm³/mol. The van der Waals surface area contributed by atoms with Crippen LogP contribution in [0.25, 0.3) is 0 Å². The van der Waals surface area contributed by atoms with E-state index in [0.717, 1.165) is 21.8 Å². The lowest BCUT2D eigenvalue weighted by molar-refractivity contribution is 0.102. The molecule has 0 fully saturated rings. The van der Waals surface area contributed by atoms with Crippen molar-refractivity contribution >= 4 is 39.1 Å². The number of thioether (sulfide) groups is 1. The van der Waals surface area contributed by atoms with E-state index in [0.29, 0.717) is 16.9 Å². The standard InChI is InChI=1S/C28H26N2O3S2/c1-20-12-17-26(21(2)18-20)30-35(32,33)24-15-13-23(14-16-24)29-28(31)25-10-6-7-11-27(25)34-19-22-8-4-3-5-9-22/h3-18,30H,19H2,1-2H3,(H,29,31). The van der Waals surface area contributed by atoms with E-state index in [1.807, 2.05) is 62.4 Å². The van der Waals surface area contributed by atoms with Crippen LogP contribution in [0.15, 0.2) is 107 Å². The van der Waals surface area contributed by atoms with Crippen LogP contribution in [-0.4, -0.2) is 14.3 Å². The Bertz CT molecular complexity index is 1440. The minimum atomic E-state index is -3.75. The molecule has 0 unspecified atom stereocenters. The molecule has 0 spiro atoms. The van der Waals surface area contributed by atoms with E-state index in [1.54, 1.807) is 36.0 Å². The molecule has 0 heterocycles. The summed E-state index contributed by atoms with van der Waals surface area (Å²) in [7, 11) is -3.75. The van der Waals surface area contributed by atoms with Gasteiger partial charge < -0.3 is 5.32 Å². The lowest BCUT2D eigenvalue weighted by Gasteiger charge is -2.12. The molecule has 7 heteroatoms. The third-order valence-corrected chi connectivity index (χ3v) is 7.94. The minimum Gasteiger partial charge on any atom is -0.322 e. The summed E-state index contributed by atoms with van der Waals surface area (Å²) in [5.74, 6) is 0.510. The Hall–Kier alpha value is -3.55. The molecular formula is C28H26N2O3S2. The number of hydrogen-bond donors (Lipinski definition) is 2. The molecule has 0 bridgehead atoms. The molecule has 5 nitrogen and oxygen atoms in total. The first-order chi connectivity index (χ1) is 16.8. The van der Waals surface area contributed by atoms with Crippen LogP contribution in [0.3, 0.4) is 0 Å². The Morgan fingerprint density at radius 2 is 1.51 bits per heavy atom. The highest BCUT2D eigenvalue weighted by atomic mass is 32.2. The second-order valence-electron chi connectivity index (χ2n) is 8.17. The quantitative estimate of drug-likeness (QED) is 0.265. The molecule has 4 aromatic rings. The predicted octanol–water partition coefficient (Wildman–Crippen LogP) is 6.65. The van der Waals surface area contributed by atoms with Crippen molar-refractivity contribution < 1.29 is 13.2 Å². The summed E-state index contributed by atoms with van der Waals surface area (Å²) < 4.78 is 28.3. The van der Waals surface area contributed by atoms with Crippen LogP contribution in [0.5, 0.6) is 0 Å². The van der Waals surface area contributed by atoms with Gasteiger partial charge in [-0.3, -0.25) is 9.52 Å². The summed E-state index contributed by atoms with van der Waals surface area (Å²) >= 11 is 1.60. The van der Waals surface area contributed by atoms with Crippen LogP contribution >= 0.6 is 11.8 Å². The van der Waals surface area contributed by atoms with Gasteiger partial charge in [-0.25, -0.2) is 8.42 Å². The van der Waals surface area contributed by atoms with Gasteiger partial charge in [0.15, 0.2) is 0 Å². The summed E-state index contributed by atoms with van der Waals surface area (Å²) in [6, 6.07) is 29.2. The van der Waals surface area contributed by atoms with Gasteiger partial charge in [-0.05, 0) is 67.4 Å². The fourth-order valence-electron chi connectivity index (χ4n) is 3.56. The van der Waals surface area contributed by atoms with Gasteiger partial charge in [0.1, 0.15) is 0 Å². The molecule has 0 atom stereocenters. The summed E-state index contributed by atoms with van der Waals surface area (Å²) in [6.07, 6.45) is 0. The molecule has 0 aliphatic carbocycles. The van der Waals surface area contributed by atoms with E-state index in [2.05, 4.69) is 22.2 Å². The van der Waals surface area contributed by atoms with Crippen LogP contribution in [0.4, 0.5) is 11.4 Å². The largest absolute Gasteiger partial charge is 0.322 e. The van der Waals surface area contributed by atoms with Crippen molar-refractivity contribution in [1.82, 2.24) is 0 Å². The number of carbonyl (C=O) groups excluding carboxylic acids is 1. The maximum atomic E-state index is 13.0. The van der Waals surface area contributed by atoms with Crippen molar-refractivity contribution in [3.8, 4) is 0 Å². The zero-order valence-corrected chi connectivity index (χ0v) is 21.1. The normalized spacial score (nSPS) is 11.1. The Balaban J connectivity index is 1.45. The maximum Gasteiger partial charge on any atom is 0.261 e. The van der Waals surface area contributed by atoms with Crippen LogP contribution in [0, 0.1) is 13.8 Å². The van der Waals surface area contributed by atoms with Crippen molar-refractivity contribution in [2.75, 3.05) is 10.0 Å². The van der Waals surface area contributed by atoms with E-state index < -0.39 is 10.0 Å². The van der Waals surface area contributed by atoms with Gasteiger partial charge in [0.25, 0.3) is 15.9 Å². The van der Waals surface area contributed by atoms with Crippen molar-refractivity contribution in [2.45, 2.75) is 29.4 Å². The molecule has 0 radical (unpaired) electrons. The van der Waals surface area contributed by atoms with Crippen LogP contribution < -0.4 is 10.0 Å². The number of benzene rings is 4. The molecule has 4 rings (SSSR count). The summed E-state index contributed by atoms with van der Waals surface area (Å²) in [4.78, 5) is 14.0. The minimum absolute atomic E-state index is 0.120. The summed E-state index contributed by atoms with van der Waals surface area (Å²) in [5, 5.41) is 2.87. The number of hydrogen-bond acceptors (Lipinski definition) is 4. The average Bonchev–Trinajstić information content (AvgIpc) is 2.85. The number of rotatable bonds is 8. The molecular weight excluding hydrogens is 476 g/mol. The Morgan fingerprint density at radius 1 is 0.829 bits per heavy atom. The fourth-order valence-corrected chi connectivity index (χ4v) is 5.70. The van der Waals surface area contributed by atoms with Gasteiger partial charge in [-0.15, -0.1) is 11.8 Å². The average molecular weight is 503 g/mol. The number of nitrogens with one attached hydrogen (secondary N) is 2. The maximum absolute atomic E-state index is 13.0. The number of sulfonamides is 1. The SMILES string of the molecule is Cc1ccc(NS(=O)(=O)c2ccc(NC(=O)c3ccccc3SCc3ccccc3)cc2)c(C)c1. The van der Waals surface area contributed by atoms with Crippen LogP contribution in [-0.2, 0) is 15.8 Å². The molecule has 0 saturated carbocycles. The third kappa shape index (κ3) is 6.32. The summed E-state index contributed by atoms with van der Waals surface area (Å²) in [5.41, 5.74) is 4.72. The Kier molecular flexibility index (Phi) is 7.58. The molecule has 0 saturated heterocycles. The highest BCUT2D eigenvalue weighted by Crippen LogP contribution is 2.27. The molecule has 0 aromatic heterocycles. The van der Waals surface area contributed by atoms with Crippen molar-refractivity contribution in [2.24, 2.45) is 0 Å². The lowest BCUT2D eigenvalue weighted by Crippen LogP contribution is -2.15. The zero-order valence-electron chi connectivity index (χ0n) is 19.5. The second-order valence-corrected chi connectivity index (χ2v) is 10.9. The van der Waals surface area contributed by atoms with Gasteiger partial charge in [0, 0.05) is 16.3 Å². The van der Waals surface area contributed by atoms with Crippen LogP contribution in [0.2, 0.25) is 0 Å². The Morgan fingerprint density at radius 3 is 2.23 bits per heavy atom. The zero-order chi connectivity index (χ0) is 24.8. The number of aryl methyl sites for hydroxylation is 2. The molecule has 178 valence electrons. The van der Waals surface area contributed by atoms with Crippen molar-refractivity contribution in [3.05, 3.63) is 119 Å². The lowest BCUT2D eigenvalue weighted by atomic mass is 10.1. The van der Waals surface area contributed by atoms with Crippen LogP contribution in [0.1, 0.15) is 27.0 Å². The van der Waals surface area contributed by atoms with E-state index in [4.69, 9.17) is 0 Å². The monoisotopic (exact) mass is 502 g/mol. The molecule has 0 aliphatic heterocycles. The molecule has 0 aliphatic rings. The highest BCUT2D eigenvalue weighted by Gasteiger charge is 2.16. The van der Waals surface area contributed by atoms with Gasteiger partial charge in [0.05, 0.1) is 16.1 Å². The molecule has 4 aromatic carbocycles. The van der Waals surface area contributed by atoms with Gasteiger partial charge in [0.2, 0.25) is 0 Å². The van der Waals surface area contributed by atoms with Gasteiger partial charge >= 0.3 is 0 Å². The number of carbonyl (C=O) groups is 1. The number of amides is 1. The molecule has 35 heavy (non-hydrogen) atoms. The van der Waals surface area contributed by atoms with Gasteiger partial charge in [-0.2, -0.15) is 0 Å². The third-order valence-electron chi connectivity index (χ3n) is 5.42.